The van der Waals surface area contributed by atoms with Crippen molar-refractivity contribution in [1.82, 2.24) is 14.9 Å². The summed E-state index contributed by atoms with van der Waals surface area (Å²) in [7, 11) is 3.36. The molecule has 2 rings (SSSR count). The number of hydrogen-bond donors (Lipinski definition) is 0. The average molecular weight is 245 g/mol. The van der Waals surface area contributed by atoms with E-state index < -0.39 is 0 Å². The molecule has 0 bridgehead atoms. The van der Waals surface area contributed by atoms with Crippen LogP contribution in [0.25, 0.3) is 10.9 Å². The summed E-state index contributed by atoms with van der Waals surface area (Å²) < 4.78 is 4.95. The van der Waals surface area contributed by atoms with Gasteiger partial charge in [-0.15, -0.1) is 0 Å². The lowest BCUT2D eigenvalue weighted by Crippen LogP contribution is -2.30. The fourth-order valence-electron chi connectivity index (χ4n) is 1.64. The van der Waals surface area contributed by atoms with Gasteiger partial charge in [0.25, 0.3) is 5.91 Å². The smallest absolute Gasteiger partial charge is 0.255 e. The molecule has 0 saturated heterocycles. The molecule has 2 heterocycles. The van der Waals surface area contributed by atoms with Gasteiger partial charge < -0.3 is 9.64 Å². The van der Waals surface area contributed by atoms with E-state index in [1.54, 1.807) is 37.6 Å². The monoisotopic (exact) mass is 245 g/mol. The number of pyridine rings is 2. The van der Waals surface area contributed by atoms with Gasteiger partial charge in [0, 0.05) is 38.5 Å². The predicted octanol–water partition coefficient (Wildman–Crippen LogP) is 1.35. The summed E-state index contributed by atoms with van der Waals surface area (Å²) in [6.45, 7) is 1.08. The van der Waals surface area contributed by atoms with Crippen molar-refractivity contribution in [2.45, 2.75) is 0 Å². The Morgan fingerprint density at radius 1 is 1.44 bits per heavy atom. The minimum atomic E-state index is -0.0572. The highest BCUT2D eigenvalue weighted by Crippen LogP contribution is 2.12. The van der Waals surface area contributed by atoms with Gasteiger partial charge in [0.1, 0.15) is 0 Å². The van der Waals surface area contributed by atoms with E-state index in [0.717, 1.165) is 10.9 Å². The minimum Gasteiger partial charge on any atom is -0.383 e. The van der Waals surface area contributed by atoms with Crippen LogP contribution in [0.3, 0.4) is 0 Å². The van der Waals surface area contributed by atoms with Crippen molar-refractivity contribution >= 4 is 16.8 Å². The topological polar surface area (TPSA) is 55.3 Å². The Morgan fingerprint density at radius 3 is 3.06 bits per heavy atom. The summed E-state index contributed by atoms with van der Waals surface area (Å²) in [5, 5.41) is 0.913. The van der Waals surface area contributed by atoms with Crippen LogP contribution in [-0.4, -0.2) is 48.1 Å². The third-order valence-electron chi connectivity index (χ3n) is 2.71. The zero-order valence-corrected chi connectivity index (χ0v) is 10.5. The number of ether oxygens (including phenoxy) is 1. The predicted molar refractivity (Wildman–Crippen MR) is 68.4 cm³/mol. The summed E-state index contributed by atoms with van der Waals surface area (Å²) in [6, 6.07) is 3.67. The molecule has 0 unspecified atom stereocenters. The largest absolute Gasteiger partial charge is 0.383 e. The van der Waals surface area contributed by atoms with E-state index in [4.69, 9.17) is 4.74 Å². The first-order valence-electron chi connectivity index (χ1n) is 5.66. The second-order valence-electron chi connectivity index (χ2n) is 4.01. The third kappa shape index (κ3) is 2.62. The van der Waals surface area contributed by atoms with Gasteiger partial charge in [0.05, 0.1) is 23.9 Å². The van der Waals surface area contributed by atoms with Crippen LogP contribution in [0.2, 0.25) is 0 Å². The second-order valence-corrected chi connectivity index (χ2v) is 4.01. The highest BCUT2D eigenvalue weighted by Gasteiger charge is 2.12. The Balaban J connectivity index is 2.22. The zero-order chi connectivity index (χ0) is 13.0. The lowest BCUT2D eigenvalue weighted by molar-refractivity contribution is 0.0744. The van der Waals surface area contributed by atoms with Crippen molar-refractivity contribution < 1.29 is 9.53 Å². The molecule has 0 atom stereocenters. The van der Waals surface area contributed by atoms with Crippen LogP contribution in [-0.2, 0) is 4.74 Å². The standard InChI is InChI=1S/C13H15N3O2/c1-16(5-6-18-2)13(17)11-7-10-3-4-14-9-12(10)15-8-11/h3-4,7-9H,5-6H2,1-2H3. The molecule has 1 amide bonds. The Morgan fingerprint density at radius 2 is 2.28 bits per heavy atom. The number of methoxy groups -OCH3 is 1. The van der Waals surface area contributed by atoms with Crippen molar-refractivity contribution in [3.63, 3.8) is 0 Å². The first-order chi connectivity index (χ1) is 8.72. The zero-order valence-electron chi connectivity index (χ0n) is 10.5. The molecule has 5 heteroatoms. The maximum Gasteiger partial charge on any atom is 0.255 e. The van der Waals surface area contributed by atoms with E-state index >= 15 is 0 Å². The van der Waals surface area contributed by atoms with Crippen molar-refractivity contribution in [2.75, 3.05) is 27.3 Å². The summed E-state index contributed by atoms with van der Waals surface area (Å²) in [5.41, 5.74) is 1.36. The van der Waals surface area contributed by atoms with E-state index in [-0.39, 0.29) is 5.91 Å². The first kappa shape index (κ1) is 12.4. The molecule has 0 aliphatic carbocycles. The van der Waals surface area contributed by atoms with Crippen LogP contribution < -0.4 is 0 Å². The highest BCUT2D eigenvalue weighted by atomic mass is 16.5. The van der Waals surface area contributed by atoms with Crippen molar-refractivity contribution in [2.24, 2.45) is 0 Å². The van der Waals surface area contributed by atoms with Gasteiger partial charge in [0.15, 0.2) is 0 Å². The normalized spacial score (nSPS) is 10.6. The molecule has 0 aliphatic heterocycles. The van der Waals surface area contributed by atoms with Crippen LogP contribution in [0.15, 0.2) is 30.7 Å². The molecule has 2 aromatic heterocycles. The number of hydrogen-bond acceptors (Lipinski definition) is 4. The summed E-state index contributed by atoms with van der Waals surface area (Å²) in [5.74, 6) is -0.0572. The van der Waals surface area contributed by atoms with Crippen LogP contribution in [0.5, 0.6) is 0 Å². The lowest BCUT2D eigenvalue weighted by atomic mass is 10.2. The number of carbonyl (C=O) groups excluding carboxylic acids is 1. The van der Waals surface area contributed by atoms with Crippen LogP contribution in [0, 0.1) is 0 Å². The van der Waals surface area contributed by atoms with Crippen molar-refractivity contribution in [1.29, 1.82) is 0 Å². The molecular weight excluding hydrogens is 230 g/mol. The number of nitrogens with zero attached hydrogens (tertiary/aromatic N) is 3. The van der Waals surface area contributed by atoms with E-state index in [1.165, 1.54) is 0 Å². The fourth-order valence-corrected chi connectivity index (χ4v) is 1.64. The molecule has 5 nitrogen and oxygen atoms in total. The van der Waals surface area contributed by atoms with Gasteiger partial charge in [-0.25, -0.2) is 0 Å². The molecule has 0 saturated carbocycles. The van der Waals surface area contributed by atoms with Crippen LogP contribution in [0.4, 0.5) is 0 Å². The van der Waals surface area contributed by atoms with Gasteiger partial charge in [-0.05, 0) is 12.1 Å². The van der Waals surface area contributed by atoms with Crippen molar-refractivity contribution in [3.8, 4) is 0 Å². The summed E-state index contributed by atoms with van der Waals surface area (Å²) >= 11 is 0. The average Bonchev–Trinajstić information content (AvgIpc) is 2.43. The summed E-state index contributed by atoms with van der Waals surface area (Å²) in [4.78, 5) is 21.9. The van der Waals surface area contributed by atoms with Crippen molar-refractivity contribution in [3.05, 3.63) is 36.3 Å². The lowest BCUT2D eigenvalue weighted by Gasteiger charge is -2.16. The maximum absolute atomic E-state index is 12.1. The number of carbonyl (C=O) groups is 1. The van der Waals surface area contributed by atoms with Gasteiger partial charge in [0.2, 0.25) is 0 Å². The van der Waals surface area contributed by atoms with E-state index in [2.05, 4.69) is 9.97 Å². The Bertz CT molecular complexity index is 557. The van der Waals surface area contributed by atoms with Crippen LogP contribution in [0.1, 0.15) is 10.4 Å². The molecule has 0 aliphatic rings. The van der Waals surface area contributed by atoms with E-state index in [1.807, 2.05) is 12.1 Å². The molecule has 94 valence electrons. The Labute approximate surface area is 105 Å². The summed E-state index contributed by atoms with van der Waals surface area (Å²) in [6.07, 6.45) is 4.95. The SMILES string of the molecule is COCCN(C)C(=O)c1cnc2cnccc2c1. The number of rotatable bonds is 4. The maximum atomic E-state index is 12.1. The third-order valence-corrected chi connectivity index (χ3v) is 2.71. The molecule has 18 heavy (non-hydrogen) atoms. The molecule has 0 spiro atoms. The van der Waals surface area contributed by atoms with Gasteiger partial charge in [-0.2, -0.15) is 0 Å². The highest BCUT2D eigenvalue weighted by molar-refractivity contribution is 5.96. The molecule has 0 radical (unpaired) electrons. The van der Waals surface area contributed by atoms with E-state index in [0.29, 0.717) is 18.7 Å². The number of aromatic nitrogens is 2. The molecule has 2 aromatic rings. The van der Waals surface area contributed by atoms with E-state index in [9.17, 15) is 4.79 Å². The van der Waals surface area contributed by atoms with Gasteiger partial charge >= 0.3 is 0 Å². The number of amides is 1. The molecular formula is C13H15N3O2. The molecule has 0 N–H and O–H groups in total. The van der Waals surface area contributed by atoms with Gasteiger partial charge in [-0.3, -0.25) is 14.8 Å². The Kier molecular flexibility index (Phi) is 3.84. The second kappa shape index (κ2) is 5.55. The first-order valence-corrected chi connectivity index (χ1v) is 5.66. The fraction of sp³-hybridized carbons (Fsp3) is 0.308. The molecule has 0 fully saturated rings. The molecule has 0 aromatic carbocycles. The van der Waals surface area contributed by atoms with Crippen LogP contribution >= 0.6 is 0 Å². The quantitative estimate of drug-likeness (QED) is 0.816. The number of likely N-dealkylation sites (N-methyl/N-ethyl adjacent to an activating group) is 1. The minimum absolute atomic E-state index is 0.0572. The number of fused-ring (bicyclic) bond motifs is 1. The Hall–Kier alpha value is -2.01. The van der Waals surface area contributed by atoms with Gasteiger partial charge in [-0.1, -0.05) is 0 Å².